The van der Waals surface area contributed by atoms with Gasteiger partial charge in [-0.15, -0.1) is 0 Å². The number of nitrogens with zero attached hydrogens (tertiary/aromatic N) is 2. The first-order chi connectivity index (χ1) is 7.12. The zero-order chi connectivity index (χ0) is 12.6. The Balaban J connectivity index is 3.14. The van der Waals surface area contributed by atoms with Gasteiger partial charge in [0.05, 0.1) is 0 Å². The van der Waals surface area contributed by atoms with Crippen LogP contribution in [0.1, 0.15) is 37.1 Å². The first-order valence-electron chi connectivity index (χ1n) is 4.57. The van der Waals surface area contributed by atoms with Crippen molar-refractivity contribution in [1.29, 1.82) is 0 Å². The minimum absolute atomic E-state index is 0.213. The maximum Gasteiger partial charge on any atom is 0.451 e. The van der Waals surface area contributed by atoms with Crippen molar-refractivity contribution in [3.8, 4) is 0 Å². The van der Waals surface area contributed by atoms with E-state index in [1.807, 2.05) is 0 Å². The van der Waals surface area contributed by atoms with Crippen molar-refractivity contribution in [2.24, 2.45) is 5.41 Å². The van der Waals surface area contributed by atoms with Crippen molar-refractivity contribution < 1.29 is 18.0 Å². The highest BCUT2D eigenvalue weighted by molar-refractivity contribution is 5.98. The molecule has 16 heavy (non-hydrogen) atoms. The van der Waals surface area contributed by atoms with Gasteiger partial charge in [-0.05, 0) is 6.07 Å². The molecule has 0 spiro atoms. The summed E-state index contributed by atoms with van der Waals surface area (Å²) in [5.74, 6) is -1.73. The van der Waals surface area contributed by atoms with Crippen molar-refractivity contribution in [3.63, 3.8) is 0 Å². The van der Waals surface area contributed by atoms with Gasteiger partial charge >= 0.3 is 6.18 Å². The summed E-state index contributed by atoms with van der Waals surface area (Å²) in [6.45, 7) is 4.85. The van der Waals surface area contributed by atoms with E-state index in [9.17, 15) is 18.0 Å². The van der Waals surface area contributed by atoms with Crippen LogP contribution in [0.4, 0.5) is 13.2 Å². The Hall–Kier alpha value is -1.46. The van der Waals surface area contributed by atoms with Gasteiger partial charge in [0.15, 0.2) is 5.78 Å². The van der Waals surface area contributed by atoms with Gasteiger partial charge in [0.2, 0.25) is 5.82 Å². The van der Waals surface area contributed by atoms with Crippen LogP contribution in [0, 0.1) is 5.41 Å². The fourth-order valence-corrected chi connectivity index (χ4v) is 1.01. The van der Waals surface area contributed by atoms with Gasteiger partial charge in [0, 0.05) is 11.6 Å². The van der Waals surface area contributed by atoms with Gasteiger partial charge in [0.25, 0.3) is 0 Å². The van der Waals surface area contributed by atoms with E-state index in [1.165, 1.54) is 6.07 Å². The third-order valence-corrected chi connectivity index (χ3v) is 1.82. The summed E-state index contributed by atoms with van der Waals surface area (Å²) in [5.41, 5.74) is -0.980. The predicted octanol–water partition coefficient (Wildman–Crippen LogP) is 2.72. The first kappa shape index (κ1) is 12.6. The summed E-state index contributed by atoms with van der Waals surface area (Å²) in [6.07, 6.45) is -3.69. The Labute approximate surface area is 90.7 Å². The highest BCUT2D eigenvalue weighted by Crippen LogP contribution is 2.27. The van der Waals surface area contributed by atoms with Crippen molar-refractivity contribution in [2.45, 2.75) is 26.9 Å². The third kappa shape index (κ3) is 2.77. The Kier molecular flexibility index (Phi) is 3.03. The van der Waals surface area contributed by atoms with Crippen LogP contribution in [0.2, 0.25) is 0 Å². The van der Waals surface area contributed by atoms with E-state index >= 15 is 0 Å². The molecule has 1 aromatic rings. The molecule has 1 rings (SSSR count). The molecule has 0 aromatic carbocycles. The average molecular weight is 232 g/mol. The summed E-state index contributed by atoms with van der Waals surface area (Å²) >= 11 is 0. The lowest BCUT2D eigenvalue weighted by molar-refractivity contribution is -0.145. The zero-order valence-corrected chi connectivity index (χ0v) is 9.09. The standard InChI is InChI=1S/C10H11F3N2O/c1-9(2,3)7(16)6-4-5-14-8(15-6)10(11,12)13/h4-5H,1-3H3. The molecule has 0 saturated heterocycles. The first-order valence-corrected chi connectivity index (χ1v) is 4.57. The SMILES string of the molecule is CC(C)(C)C(=O)c1ccnc(C(F)(F)F)n1. The van der Waals surface area contributed by atoms with Crippen molar-refractivity contribution in [2.75, 3.05) is 0 Å². The van der Waals surface area contributed by atoms with Gasteiger partial charge in [-0.25, -0.2) is 9.97 Å². The van der Waals surface area contributed by atoms with E-state index in [0.29, 0.717) is 0 Å². The third-order valence-electron chi connectivity index (χ3n) is 1.82. The van der Waals surface area contributed by atoms with Crippen LogP contribution in [0.3, 0.4) is 0 Å². The molecular weight excluding hydrogens is 221 g/mol. The smallest absolute Gasteiger partial charge is 0.292 e. The molecule has 0 radical (unpaired) electrons. The molecule has 0 unspecified atom stereocenters. The van der Waals surface area contributed by atoms with Gasteiger partial charge in [-0.2, -0.15) is 13.2 Å². The van der Waals surface area contributed by atoms with Gasteiger partial charge in [-0.3, -0.25) is 4.79 Å². The monoisotopic (exact) mass is 232 g/mol. The molecule has 0 N–H and O–H groups in total. The number of carbonyl (C=O) groups excluding carboxylic acids is 1. The van der Waals surface area contributed by atoms with Crippen LogP contribution in [-0.2, 0) is 6.18 Å². The second-order valence-electron chi connectivity index (χ2n) is 4.34. The fraction of sp³-hybridized carbons (Fsp3) is 0.500. The molecule has 0 amide bonds. The molecule has 0 atom stereocenters. The van der Waals surface area contributed by atoms with Gasteiger partial charge < -0.3 is 0 Å². The van der Waals surface area contributed by atoms with E-state index in [4.69, 9.17) is 0 Å². The number of aromatic nitrogens is 2. The van der Waals surface area contributed by atoms with Crippen LogP contribution in [-0.4, -0.2) is 15.8 Å². The second kappa shape index (κ2) is 3.84. The highest BCUT2D eigenvalue weighted by atomic mass is 19.4. The summed E-state index contributed by atoms with van der Waals surface area (Å²) in [4.78, 5) is 18.0. The quantitative estimate of drug-likeness (QED) is 0.699. The van der Waals surface area contributed by atoms with Crippen molar-refractivity contribution in [3.05, 3.63) is 23.8 Å². The normalized spacial score (nSPS) is 12.6. The molecule has 0 fully saturated rings. The molecule has 3 nitrogen and oxygen atoms in total. The minimum Gasteiger partial charge on any atom is -0.292 e. The van der Waals surface area contributed by atoms with E-state index in [0.717, 1.165) is 6.20 Å². The van der Waals surface area contributed by atoms with Crippen LogP contribution < -0.4 is 0 Å². The van der Waals surface area contributed by atoms with Crippen LogP contribution in [0.5, 0.6) is 0 Å². The maximum atomic E-state index is 12.3. The van der Waals surface area contributed by atoms with Crippen LogP contribution in [0.25, 0.3) is 0 Å². The second-order valence-corrected chi connectivity index (χ2v) is 4.34. The van der Waals surface area contributed by atoms with Crippen LogP contribution in [0.15, 0.2) is 12.3 Å². The lowest BCUT2D eigenvalue weighted by Crippen LogP contribution is -2.23. The Morgan fingerprint density at radius 2 is 1.81 bits per heavy atom. The number of rotatable bonds is 1. The van der Waals surface area contributed by atoms with Crippen molar-refractivity contribution in [1.82, 2.24) is 9.97 Å². The number of ketones is 1. The fourth-order valence-electron chi connectivity index (χ4n) is 1.01. The Morgan fingerprint density at radius 1 is 1.25 bits per heavy atom. The molecule has 0 aliphatic heterocycles. The average Bonchev–Trinajstić information content (AvgIpc) is 2.14. The number of hydrogen-bond acceptors (Lipinski definition) is 3. The van der Waals surface area contributed by atoms with Gasteiger partial charge in [-0.1, -0.05) is 20.8 Å². The molecule has 0 aliphatic rings. The molecule has 6 heteroatoms. The lowest BCUT2D eigenvalue weighted by Gasteiger charge is -2.16. The summed E-state index contributed by atoms with van der Waals surface area (Å²) in [6, 6.07) is 1.18. The summed E-state index contributed by atoms with van der Waals surface area (Å²) in [5, 5.41) is 0. The van der Waals surface area contributed by atoms with E-state index in [-0.39, 0.29) is 5.69 Å². The van der Waals surface area contributed by atoms with E-state index < -0.39 is 23.2 Å². The molecule has 0 bridgehead atoms. The predicted molar refractivity (Wildman–Crippen MR) is 50.8 cm³/mol. The molecular formula is C10H11F3N2O. The number of carbonyl (C=O) groups is 1. The maximum absolute atomic E-state index is 12.3. The van der Waals surface area contributed by atoms with E-state index in [2.05, 4.69) is 9.97 Å². The van der Waals surface area contributed by atoms with Crippen molar-refractivity contribution >= 4 is 5.78 Å². The lowest BCUT2D eigenvalue weighted by atomic mass is 9.89. The number of Topliss-reactive ketones (excluding diaryl/α,β-unsaturated/α-hetero) is 1. The molecule has 88 valence electrons. The number of alkyl halides is 3. The molecule has 0 saturated carbocycles. The summed E-state index contributed by atoms with van der Waals surface area (Å²) < 4.78 is 36.9. The largest absolute Gasteiger partial charge is 0.451 e. The number of halogens is 3. The molecule has 1 aromatic heterocycles. The van der Waals surface area contributed by atoms with E-state index in [1.54, 1.807) is 20.8 Å². The Morgan fingerprint density at radius 3 is 2.25 bits per heavy atom. The highest BCUT2D eigenvalue weighted by Gasteiger charge is 2.35. The molecule has 1 heterocycles. The topological polar surface area (TPSA) is 42.9 Å². The zero-order valence-electron chi connectivity index (χ0n) is 9.09. The minimum atomic E-state index is -4.63. The van der Waals surface area contributed by atoms with Gasteiger partial charge in [0.1, 0.15) is 5.69 Å². The van der Waals surface area contributed by atoms with Crippen LogP contribution >= 0.6 is 0 Å². The molecule has 0 aliphatic carbocycles. The Bertz CT molecular complexity index is 407. The number of hydrogen-bond donors (Lipinski definition) is 0. The summed E-state index contributed by atoms with van der Waals surface area (Å²) in [7, 11) is 0.